The number of anilines is 1. The van der Waals surface area contributed by atoms with Crippen LogP contribution in [0.15, 0.2) is 88.1 Å². The predicted molar refractivity (Wildman–Crippen MR) is 111 cm³/mol. The largest absolute Gasteiger partial charge is 0.497 e. The van der Waals surface area contributed by atoms with Crippen molar-refractivity contribution in [3.8, 4) is 5.75 Å². The van der Waals surface area contributed by atoms with Crippen molar-refractivity contribution in [1.82, 2.24) is 0 Å². The third-order valence-corrected chi connectivity index (χ3v) is 5.22. The summed E-state index contributed by atoms with van der Waals surface area (Å²) in [5.74, 6) is 0.373. The lowest BCUT2D eigenvalue weighted by Crippen LogP contribution is -2.29. The Labute approximate surface area is 166 Å². The Morgan fingerprint density at radius 2 is 1.66 bits per heavy atom. The van der Waals surface area contributed by atoms with Crippen molar-refractivity contribution in [2.75, 3.05) is 12.0 Å². The van der Waals surface area contributed by atoms with E-state index in [4.69, 9.17) is 9.15 Å². The fraction of sp³-hybridized carbons (Fsp3) is 0.0833. The van der Waals surface area contributed by atoms with Crippen molar-refractivity contribution >= 4 is 22.6 Å². The molecule has 1 atom stereocenters. The molecule has 5 heteroatoms. The summed E-state index contributed by atoms with van der Waals surface area (Å²) in [5.41, 5.74) is 2.06. The Hall–Kier alpha value is -3.86. The minimum absolute atomic E-state index is 0.0883. The maximum atomic E-state index is 13.4. The van der Waals surface area contributed by atoms with E-state index in [0.717, 1.165) is 5.56 Å². The quantitative estimate of drug-likeness (QED) is 0.521. The average molecular weight is 383 g/mol. The number of para-hydroxylation sites is 1. The molecule has 5 nitrogen and oxygen atoms in total. The number of ether oxygens (including phenoxy) is 1. The van der Waals surface area contributed by atoms with E-state index in [9.17, 15) is 9.59 Å². The van der Waals surface area contributed by atoms with E-state index >= 15 is 0 Å². The number of carbonyl (C=O) groups excluding carboxylic acids is 1. The lowest BCUT2D eigenvalue weighted by Gasteiger charge is -2.25. The first kappa shape index (κ1) is 17.3. The Morgan fingerprint density at radius 3 is 2.45 bits per heavy atom. The highest BCUT2D eigenvalue weighted by Crippen LogP contribution is 2.41. The highest BCUT2D eigenvalue weighted by atomic mass is 16.5. The Kier molecular flexibility index (Phi) is 3.95. The second kappa shape index (κ2) is 6.63. The second-order valence-corrected chi connectivity index (χ2v) is 6.86. The zero-order chi connectivity index (χ0) is 20.0. The normalized spacial score (nSPS) is 15.6. The lowest BCUT2D eigenvalue weighted by atomic mass is 9.98. The summed E-state index contributed by atoms with van der Waals surface area (Å²) >= 11 is 0. The number of rotatable bonds is 3. The fourth-order valence-corrected chi connectivity index (χ4v) is 3.90. The molecule has 1 unspecified atom stereocenters. The molecule has 0 radical (unpaired) electrons. The summed E-state index contributed by atoms with van der Waals surface area (Å²) in [6.07, 6.45) is 0. The van der Waals surface area contributed by atoms with E-state index in [1.54, 1.807) is 42.3 Å². The van der Waals surface area contributed by atoms with Gasteiger partial charge in [0.05, 0.1) is 24.1 Å². The van der Waals surface area contributed by atoms with Crippen LogP contribution in [0.3, 0.4) is 0 Å². The molecule has 0 bridgehead atoms. The van der Waals surface area contributed by atoms with Crippen LogP contribution < -0.4 is 15.1 Å². The summed E-state index contributed by atoms with van der Waals surface area (Å²) in [4.78, 5) is 28.4. The minimum atomic E-state index is -0.577. The summed E-state index contributed by atoms with van der Waals surface area (Å²) in [6, 6.07) is 23.2. The molecule has 0 saturated carbocycles. The third-order valence-electron chi connectivity index (χ3n) is 5.22. The van der Waals surface area contributed by atoms with E-state index in [2.05, 4.69) is 0 Å². The standard InChI is InChI=1S/C24H17NO4/c1-28-17-11-7-10-16(14-17)25-21(15-8-3-2-4-9-15)20-22(26)18-12-5-6-13-19(18)29-23(20)24(25)27/h2-14,21H,1H3. The Bertz CT molecular complexity index is 1290. The van der Waals surface area contributed by atoms with E-state index < -0.39 is 6.04 Å². The van der Waals surface area contributed by atoms with Gasteiger partial charge in [-0.2, -0.15) is 0 Å². The topological polar surface area (TPSA) is 59.8 Å². The van der Waals surface area contributed by atoms with Gasteiger partial charge in [-0.05, 0) is 29.8 Å². The number of amides is 1. The smallest absolute Gasteiger partial charge is 0.295 e. The predicted octanol–water partition coefficient (Wildman–Crippen LogP) is 4.55. The van der Waals surface area contributed by atoms with Crippen LogP contribution >= 0.6 is 0 Å². The maximum absolute atomic E-state index is 13.4. The van der Waals surface area contributed by atoms with Crippen molar-refractivity contribution in [1.29, 1.82) is 0 Å². The summed E-state index contributed by atoms with van der Waals surface area (Å²) in [6.45, 7) is 0. The molecule has 142 valence electrons. The summed E-state index contributed by atoms with van der Waals surface area (Å²) in [5, 5.41) is 0.465. The molecule has 29 heavy (non-hydrogen) atoms. The van der Waals surface area contributed by atoms with Gasteiger partial charge in [-0.15, -0.1) is 0 Å². The molecule has 1 aliphatic heterocycles. The van der Waals surface area contributed by atoms with Gasteiger partial charge in [0.15, 0.2) is 5.43 Å². The number of carbonyl (C=O) groups is 1. The zero-order valence-corrected chi connectivity index (χ0v) is 15.7. The molecule has 3 aromatic carbocycles. The molecular weight excluding hydrogens is 366 g/mol. The molecule has 0 saturated heterocycles. The van der Waals surface area contributed by atoms with Crippen LogP contribution in [0.1, 0.15) is 27.7 Å². The number of hydrogen-bond acceptors (Lipinski definition) is 4. The van der Waals surface area contributed by atoms with Gasteiger partial charge in [0, 0.05) is 11.8 Å². The molecular formula is C24H17NO4. The van der Waals surface area contributed by atoms with E-state index in [-0.39, 0.29) is 17.1 Å². The van der Waals surface area contributed by atoms with Crippen molar-refractivity contribution in [3.05, 3.63) is 106 Å². The van der Waals surface area contributed by atoms with Gasteiger partial charge in [-0.1, -0.05) is 48.5 Å². The van der Waals surface area contributed by atoms with Crippen LogP contribution in [0.5, 0.6) is 5.75 Å². The Morgan fingerprint density at radius 1 is 0.897 bits per heavy atom. The molecule has 1 aromatic heterocycles. The summed E-state index contributed by atoms with van der Waals surface area (Å²) in [7, 11) is 1.58. The first-order valence-corrected chi connectivity index (χ1v) is 9.27. The molecule has 5 rings (SSSR count). The first-order valence-electron chi connectivity index (χ1n) is 9.27. The van der Waals surface area contributed by atoms with Crippen molar-refractivity contribution in [2.24, 2.45) is 0 Å². The van der Waals surface area contributed by atoms with Gasteiger partial charge in [0.2, 0.25) is 5.76 Å². The van der Waals surface area contributed by atoms with Gasteiger partial charge in [-0.3, -0.25) is 14.5 Å². The van der Waals surface area contributed by atoms with Crippen LogP contribution in [0.4, 0.5) is 5.69 Å². The number of hydrogen-bond donors (Lipinski definition) is 0. The van der Waals surface area contributed by atoms with E-state index in [1.807, 2.05) is 48.5 Å². The number of methoxy groups -OCH3 is 1. The summed E-state index contributed by atoms with van der Waals surface area (Å²) < 4.78 is 11.3. The van der Waals surface area contributed by atoms with Crippen LogP contribution in [-0.4, -0.2) is 13.0 Å². The van der Waals surface area contributed by atoms with Crippen LogP contribution in [-0.2, 0) is 0 Å². The molecule has 0 spiro atoms. The monoisotopic (exact) mass is 383 g/mol. The van der Waals surface area contributed by atoms with E-state index in [0.29, 0.717) is 28.0 Å². The third kappa shape index (κ3) is 2.63. The van der Waals surface area contributed by atoms with Crippen molar-refractivity contribution in [2.45, 2.75) is 6.04 Å². The van der Waals surface area contributed by atoms with Gasteiger partial charge in [0.25, 0.3) is 5.91 Å². The molecule has 0 N–H and O–H groups in total. The number of benzene rings is 3. The van der Waals surface area contributed by atoms with Crippen LogP contribution in [0, 0.1) is 0 Å². The first-order chi connectivity index (χ1) is 14.2. The molecule has 1 amide bonds. The number of nitrogens with zero attached hydrogens (tertiary/aromatic N) is 1. The number of fused-ring (bicyclic) bond motifs is 2. The zero-order valence-electron chi connectivity index (χ0n) is 15.7. The lowest BCUT2D eigenvalue weighted by molar-refractivity contribution is 0.0971. The van der Waals surface area contributed by atoms with Crippen LogP contribution in [0.25, 0.3) is 11.0 Å². The SMILES string of the molecule is COc1cccc(N2C(=O)c3oc4ccccc4c(=O)c3C2c2ccccc2)c1. The highest BCUT2D eigenvalue weighted by Gasteiger charge is 2.43. The Balaban J connectivity index is 1.81. The van der Waals surface area contributed by atoms with Crippen molar-refractivity contribution in [3.63, 3.8) is 0 Å². The van der Waals surface area contributed by atoms with Gasteiger partial charge < -0.3 is 9.15 Å². The van der Waals surface area contributed by atoms with Gasteiger partial charge in [-0.25, -0.2) is 0 Å². The van der Waals surface area contributed by atoms with Crippen molar-refractivity contribution < 1.29 is 13.9 Å². The molecule has 2 heterocycles. The van der Waals surface area contributed by atoms with Gasteiger partial charge in [0.1, 0.15) is 11.3 Å². The fourth-order valence-electron chi connectivity index (χ4n) is 3.90. The second-order valence-electron chi connectivity index (χ2n) is 6.86. The molecule has 0 fully saturated rings. The van der Waals surface area contributed by atoms with E-state index in [1.165, 1.54) is 0 Å². The highest BCUT2D eigenvalue weighted by molar-refractivity contribution is 6.10. The molecule has 0 aliphatic carbocycles. The van der Waals surface area contributed by atoms with Crippen LogP contribution in [0.2, 0.25) is 0 Å². The maximum Gasteiger partial charge on any atom is 0.295 e. The minimum Gasteiger partial charge on any atom is -0.497 e. The molecule has 4 aromatic rings. The molecule has 1 aliphatic rings. The average Bonchev–Trinajstić information content (AvgIpc) is 3.07. The van der Waals surface area contributed by atoms with Gasteiger partial charge >= 0.3 is 0 Å².